The molecule has 0 saturated heterocycles. The van der Waals surface area contributed by atoms with Crippen molar-refractivity contribution in [2.75, 3.05) is 13.2 Å². The third-order valence-corrected chi connectivity index (χ3v) is 3.43. The summed E-state index contributed by atoms with van der Waals surface area (Å²) in [5, 5.41) is 0. The molecule has 1 aromatic rings. The molecule has 1 rings (SSSR count). The van der Waals surface area contributed by atoms with Gasteiger partial charge >= 0.3 is 5.82 Å². The van der Waals surface area contributed by atoms with Gasteiger partial charge in [-0.3, -0.25) is 0 Å². The maximum absolute atomic E-state index is 5.72. The zero-order valence-corrected chi connectivity index (χ0v) is 13.4. The summed E-state index contributed by atoms with van der Waals surface area (Å²) < 4.78 is 3.61. The van der Waals surface area contributed by atoms with Crippen LogP contribution in [0.5, 0.6) is 0 Å². The predicted octanol–water partition coefficient (Wildman–Crippen LogP) is 3.10. The molecule has 0 aromatic carbocycles. The van der Waals surface area contributed by atoms with E-state index in [2.05, 4.69) is 13.8 Å². The van der Waals surface area contributed by atoms with E-state index in [9.17, 15) is 0 Å². The fourth-order valence-corrected chi connectivity index (χ4v) is 2.09. The Kier molecular flexibility index (Phi) is 8.92. The normalized spacial score (nSPS) is 10.8. The molecule has 0 amide bonds. The molecular formula is C16H31N2O2+. The molecule has 1 heterocycles. The van der Waals surface area contributed by atoms with Gasteiger partial charge in [0, 0.05) is 6.92 Å². The summed E-state index contributed by atoms with van der Waals surface area (Å²) >= 11 is 0. The molecular weight excluding hydrogens is 252 g/mol. The highest BCUT2D eigenvalue weighted by Gasteiger charge is 2.14. The SMILES string of the molecule is CCCCCCOn1cc[n+](OCCCCCC)c1C. The molecule has 0 aliphatic rings. The van der Waals surface area contributed by atoms with Crippen LogP contribution in [-0.2, 0) is 0 Å². The quantitative estimate of drug-likeness (QED) is 0.435. The van der Waals surface area contributed by atoms with Crippen LogP contribution in [0, 0.1) is 6.92 Å². The molecule has 4 heteroatoms. The van der Waals surface area contributed by atoms with Crippen LogP contribution in [-0.4, -0.2) is 17.9 Å². The topological polar surface area (TPSA) is 27.3 Å². The van der Waals surface area contributed by atoms with Crippen LogP contribution in [0.15, 0.2) is 12.4 Å². The molecule has 20 heavy (non-hydrogen) atoms. The van der Waals surface area contributed by atoms with Gasteiger partial charge in [-0.05, 0) is 35.1 Å². The average Bonchev–Trinajstić information content (AvgIpc) is 2.80. The van der Waals surface area contributed by atoms with E-state index in [1.54, 1.807) is 9.46 Å². The Morgan fingerprint density at radius 3 is 2.25 bits per heavy atom. The minimum Gasteiger partial charge on any atom is -0.336 e. The minimum atomic E-state index is 0.770. The summed E-state index contributed by atoms with van der Waals surface area (Å²) in [6, 6.07) is 0. The van der Waals surface area contributed by atoms with Gasteiger partial charge in [0.05, 0.1) is 0 Å². The molecule has 0 spiro atoms. The number of unbranched alkanes of at least 4 members (excludes halogenated alkanes) is 6. The third kappa shape index (κ3) is 6.31. The van der Waals surface area contributed by atoms with Crippen LogP contribution >= 0.6 is 0 Å². The van der Waals surface area contributed by atoms with Crippen LogP contribution in [0.4, 0.5) is 0 Å². The number of rotatable bonds is 12. The standard InChI is InChI=1S/C16H31N2O2/c1-4-6-8-10-14-19-17-12-13-18(16(17)3)20-15-11-9-7-5-2/h12-13H,4-11,14-15H2,1-3H3/q+1. The Balaban J connectivity index is 2.22. The smallest absolute Gasteiger partial charge is 0.331 e. The summed E-state index contributed by atoms with van der Waals surface area (Å²) in [4.78, 5) is 11.4. The van der Waals surface area contributed by atoms with Crippen molar-refractivity contribution in [1.82, 2.24) is 4.73 Å². The molecule has 0 unspecified atom stereocenters. The molecule has 0 atom stereocenters. The van der Waals surface area contributed by atoms with Crippen LogP contribution in [0.1, 0.15) is 71.0 Å². The lowest BCUT2D eigenvalue weighted by Gasteiger charge is -2.03. The lowest BCUT2D eigenvalue weighted by atomic mass is 10.2. The van der Waals surface area contributed by atoms with Crippen LogP contribution in [0.25, 0.3) is 0 Å². The minimum absolute atomic E-state index is 0.770. The largest absolute Gasteiger partial charge is 0.336 e. The average molecular weight is 283 g/mol. The van der Waals surface area contributed by atoms with Gasteiger partial charge in [0.2, 0.25) is 0 Å². The zero-order chi connectivity index (χ0) is 14.6. The van der Waals surface area contributed by atoms with E-state index in [1.807, 2.05) is 19.3 Å². The van der Waals surface area contributed by atoms with Gasteiger partial charge in [0.15, 0.2) is 12.4 Å². The Morgan fingerprint density at radius 1 is 0.950 bits per heavy atom. The van der Waals surface area contributed by atoms with Crippen LogP contribution < -0.4 is 14.4 Å². The molecule has 4 nitrogen and oxygen atoms in total. The molecule has 116 valence electrons. The first-order chi connectivity index (χ1) is 9.79. The fraction of sp³-hybridized carbons (Fsp3) is 0.812. The second-order valence-corrected chi connectivity index (χ2v) is 5.28. The van der Waals surface area contributed by atoms with Gasteiger partial charge in [0.25, 0.3) is 0 Å². The molecule has 0 radical (unpaired) electrons. The fourth-order valence-electron chi connectivity index (χ4n) is 2.09. The summed E-state index contributed by atoms with van der Waals surface area (Å²) in [5.74, 6) is 0.982. The first-order valence-electron chi connectivity index (χ1n) is 8.15. The van der Waals surface area contributed by atoms with Crippen molar-refractivity contribution in [2.45, 2.75) is 72.1 Å². The Hall–Kier alpha value is -1.19. The van der Waals surface area contributed by atoms with E-state index < -0.39 is 0 Å². The van der Waals surface area contributed by atoms with Crippen molar-refractivity contribution in [3.8, 4) is 0 Å². The first kappa shape index (κ1) is 16.9. The molecule has 0 aliphatic carbocycles. The first-order valence-corrected chi connectivity index (χ1v) is 8.15. The van der Waals surface area contributed by atoms with Gasteiger partial charge in [-0.2, -0.15) is 0 Å². The maximum Gasteiger partial charge on any atom is 0.331 e. The second-order valence-electron chi connectivity index (χ2n) is 5.28. The number of hydrogen-bond acceptors (Lipinski definition) is 2. The Bertz CT molecular complexity index is 319. The van der Waals surface area contributed by atoms with E-state index in [4.69, 9.17) is 9.68 Å². The Labute approximate surface area is 123 Å². The van der Waals surface area contributed by atoms with E-state index in [-0.39, 0.29) is 0 Å². The molecule has 1 aromatic heterocycles. The lowest BCUT2D eigenvalue weighted by molar-refractivity contribution is -0.895. The van der Waals surface area contributed by atoms with Crippen molar-refractivity contribution in [3.63, 3.8) is 0 Å². The van der Waals surface area contributed by atoms with Gasteiger partial charge in [-0.1, -0.05) is 39.5 Å². The van der Waals surface area contributed by atoms with Gasteiger partial charge in [-0.15, -0.1) is 0 Å². The zero-order valence-electron chi connectivity index (χ0n) is 13.4. The monoisotopic (exact) mass is 283 g/mol. The summed E-state index contributed by atoms with van der Waals surface area (Å²) in [7, 11) is 0. The number of aromatic nitrogens is 2. The van der Waals surface area contributed by atoms with E-state index in [1.165, 1.54) is 38.5 Å². The lowest BCUT2D eigenvalue weighted by Crippen LogP contribution is -2.45. The number of imidazole rings is 1. The molecule has 0 bridgehead atoms. The molecule has 0 N–H and O–H groups in total. The van der Waals surface area contributed by atoms with Gasteiger partial charge < -0.3 is 9.68 Å². The van der Waals surface area contributed by atoms with Crippen molar-refractivity contribution >= 4 is 0 Å². The van der Waals surface area contributed by atoms with Gasteiger partial charge in [-0.25, -0.2) is 0 Å². The van der Waals surface area contributed by atoms with Crippen molar-refractivity contribution in [2.24, 2.45) is 0 Å². The van der Waals surface area contributed by atoms with Crippen molar-refractivity contribution in [3.05, 3.63) is 18.2 Å². The van der Waals surface area contributed by atoms with E-state index in [0.717, 1.165) is 31.9 Å². The molecule has 0 saturated carbocycles. The predicted molar refractivity (Wildman–Crippen MR) is 80.5 cm³/mol. The summed E-state index contributed by atoms with van der Waals surface area (Å²) in [6.07, 6.45) is 13.6. The highest BCUT2D eigenvalue weighted by molar-refractivity contribution is 4.74. The van der Waals surface area contributed by atoms with E-state index in [0.29, 0.717) is 0 Å². The highest BCUT2D eigenvalue weighted by Crippen LogP contribution is 1.99. The van der Waals surface area contributed by atoms with E-state index >= 15 is 0 Å². The maximum atomic E-state index is 5.72. The number of hydrogen-bond donors (Lipinski definition) is 0. The summed E-state index contributed by atoms with van der Waals surface area (Å²) in [6.45, 7) is 7.99. The molecule has 0 aliphatic heterocycles. The van der Waals surface area contributed by atoms with Crippen molar-refractivity contribution < 1.29 is 14.4 Å². The second kappa shape index (κ2) is 10.6. The van der Waals surface area contributed by atoms with Crippen LogP contribution in [0.2, 0.25) is 0 Å². The van der Waals surface area contributed by atoms with Gasteiger partial charge in [0.1, 0.15) is 13.2 Å². The third-order valence-electron chi connectivity index (χ3n) is 3.43. The molecule has 0 fully saturated rings. The van der Waals surface area contributed by atoms with Crippen LogP contribution in [0.3, 0.4) is 0 Å². The van der Waals surface area contributed by atoms with Crippen molar-refractivity contribution in [1.29, 1.82) is 0 Å². The number of nitrogens with zero attached hydrogens (tertiary/aromatic N) is 2. The Morgan fingerprint density at radius 2 is 1.60 bits per heavy atom. The summed E-state index contributed by atoms with van der Waals surface area (Å²) in [5.41, 5.74) is 0. The highest BCUT2D eigenvalue weighted by atomic mass is 16.7.